The van der Waals surface area contributed by atoms with Crippen molar-refractivity contribution in [2.24, 2.45) is 29.4 Å². The molecule has 0 atom stereocenters. The number of rotatable bonds is 3. The van der Waals surface area contributed by atoms with Crippen LogP contribution in [0.4, 0.5) is 0 Å². The number of nitrogens with two attached hydrogens (primary N) is 1. The van der Waals surface area contributed by atoms with Crippen molar-refractivity contribution in [2.75, 3.05) is 6.54 Å². The largest absolute Gasteiger partial charge is 0.330 e. The number of hydrogen-bond acceptors (Lipinski definition) is 3. The Morgan fingerprint density at radius 1 is 1.10 bits per heavy atom. The van der Waals surface area contributed by atoms with Crippen molar-refractivity contribution in [2.45, 2.75) is 51.4 Å². The van der Waals surface area contributed by atoms with Gasteiger partial charge in [0.2, 0.25) is 0 Å². The second-order valence-electron chi connectivity index (χ2n) is 7.32. The highest BCUT2D eigenvalue weighted by molar-refractivity contribution is 5.26. The highest BCUT2D eigenvalue weighted by Crippen LogP contribution is 2.59. The molecule has 1 heterocycles. The molecular weight excluding hydrogens is 246 g/mol. The van der Waals surface area contributed by atoms with E-state index in [9.17, 15) is 0 Å². The summed E-state index contributed by atoms with van der Waals surface area (Å²) >= 11 is 0. The Bertz CT molecular complexity index is 483. The second kappa shape index (κ2) is 4.80. The zero-order chi connectivity index (χ0) is 13.7. The molecule has 3 heteroatoms. The van der Waals surface area contributed by atoms with Crippen molar-refractivity contribution in [1.82, 2.24) is 9.97 Å². The van der Waals surface area contributed by atoms with Crippen LogP contribution in [0.25, 0.3) is 0 Å². The Morgan fingerprint density at radius 3 is 2.30 bits per heavy atom. The first-order valence-electron chi connectivity index (χ1n) is 8.27. The lowest BCUT2D eigenvalue weighted by Gasteiger charge is -2.54. The van der Waals surface area contributed by atoms with Gasteiger partial charge in [0.1, 0.15) is 5.82 Å². The normalized spacial score (nSPS) is 38.4. The lowest BCUT2D eigenvalue weighted by atomic mass is 9.51. The molecule has 0 saturated heterocycles. The van der Waals surface area contributed by atoms with Gasteiger partial charge in [0.05, 0.1) is 0 Å². The molecule has 1 aromatic heterocycles. The summed E-state index contributed by atoms with van der Waals surface area (Å²) in [6.45, 7) is 2.80. The monoisotopic (exact) mass is 271 g/mol. The third kappa shape index (κ3) is 1.98. The highest BCUT2D eigenvalue weighted by Gasteiger charge is 2.49. The molecule has 0 amide bonds. The third-order valence-electron chi connectivity index (χ3n) is 6.02. The minimum absolute atomic E-state index is 0.636. The fourth-order valence-electron chi connectivity index (χ4n) is 5.53. The van der Waals surface area contributed by atoms with Crippen molar-refractivity contribution < 1.29 is 0 Å². The van der Waals surface area contributed by atoms with Gasteiger partial charge in [0.25, 0.3) is 0 Å². The van der Waals surface area contributed by atoms with Crippen molar-refractivity contribution in [3.8, 4) is 0 Å². The maximum Gasteiger partial charge on any atom is 0.129 e. The van der Waals surface area contributed by atoms with Crippen LogP contribution in [-0.4, -0.2) is 16.5 Å². The maximum absolute atomic E-state index is 5.61. The Labute approximate surface area is 121 Å². The average Bonchev–Trinajstić information content (AvgIpc) is 2.40. The van der Waals surface area contributed by atoms with Crippen LogP contribution in [0.5, 0.6) is 0 Å². The molecule has 2 N–H and O–H groups in total. The number of aryl methyl sites for hydroxylation is 1. The lowest BCUT2D eigenvalue weighted by molar-refractivity contribution is -0.00324. The average molecular weight is 271 g/mol. The van der Waals surface area contributed by atoms with Crippen LogP contribution in [0.2, 0.25) is 0 Å². The first kappa shape index (κ1) is 12.8. The molecule has 0 aliphatic heterocycles. The number of aromatic nitrogens is 2. The molecule has 0 radical (unpaired) electrons. The zero-order valence-electron chi connectivity index (χ0n) is 12.4. The first-order valence-corrected chi connectivity index (χ1v) is 8.27. The molecule has 4 bridgehead atoms. The maximum atomic E-state index is 5.61. The van der Waals surface area contributed by atoms with Gasteiger partial charge in [-0.1, -0.05) is 0 Å². The van der Waals surface area contributed by atoms with E-state index < -0.39 is 0 Å². The van der Waals surface area contributed by atoms with E-state index in [1.165, 1.54) is 43.4 Å². The van der Waals surface area contributed by atoms with Crippen LogP contribution in [0.15, 0.2) is 6.20 Å². The Hall–Kier alpha value is -0.960. The third-order valence-corrected chi connectivity index (χ3v) is 6.02. The molecule has 1 aromatic rings. The lowest BCUT2D eigenvalue weighted by Crippen LogP contribution is -2.44. The topological polar surface area (TPSA) is 51.8 Å². The summed E-state index contributed by atoms with van der Waals surface area (Å²) in [6.07, 6.45) is 10.3. The molecule has 4 aliphatic rings. The van der Waals surface area contributed by atoms with Crippen LogP contribution in [0.1, 0.15) is 55.1 Å². The van der Waals surface area contributed by atoms with E-state index in [2.05, 4.69) is 18.1 Å². The fourth-order valence-corrected chi connectivity index (χ4v) is 5.53. The quantitative estimate of drug-likeness (QED) is 0.919. The van der Waals surface area contributed by atoms with E-state index in [0.29, 0.717) is 6.54 Å². The molecular formula is C17H25N3. The molecule has 0 spiro atoms. The van der Waals surface area contributed by atoms with Crippen LogP contribution in [-0.2, 0) is 6.42 Å². The molecule has 108 valence electrons. The molecule has 4 saturated carbocycles. The summed E-state index contributed by atoms with van der Waals surface area (Å²) in [5.41, 5.74) is 8.26. The van der Waals surface area contributed by atoms with E-state index >= 15 is 0 Å². The van der Waals surface area contributed by atoms with E-state index in [-0.39, 0.29) is 0 Å². The van der Waals surface area contributed by atoms with Crippen molar-refractivity contribution in [3.05, 3.63) is 23.3 Å². The van der Waals surface area contributed by atoms with Gasteiger partial charge in [-0.15, -0.1) is 0 Å². The van der Waals surface area contributed by atoms with E-state index in [1.807, 2.05) is 0 Å². The fraction of sp³-hybridized carbons (Fsp3) is 0.765. The molecule has 5 rings (SSSR count). The van der Waals surface area contributed by atoms with Crippen LogP contribution in [0, 0.1) is 30.6 Å². The summed E-state index contributed by atoms with van der Waals surface area (Å²) in [6, 6.07) is 0. The van der Waals surface area contributed by atoms with Crippen LogP contribution in [0.3, 0.4) is 0 Å². The van der Waals surface area contributed by atoms with Gasteiger partial charge >= 0.3 is 0 Å². The first-order chi connectivity index (χ1) is 9.74. The van der Waals surface area contributed by atoms with Crippen molar-refractivity contribution in [1.29, 1.82) is 0 Å². The molecule has 3 nitrogen and oxygen atoms in total. The summed E-state index contributed by atoms with van der Waals surface area (Å²) in [5.74, 6) is 5.55. The minimum atomic E-state index is 0.636. The van der Waals surface area contributed by atoms with Gasteiger partial charge in [-0.3, -0.25) is 0 Å². The molecule has 4 fully saturated rings. The van der Waals surface area contributed by atoms with E-state index in [0.717, 1.165) is 41.8 Å². The van der Waals surface area contributed by atoms with Crippen molar-refractivity contribution >= 4 is 0 Å². The van der Waals surface area contributed by atoms with Gasteiger partial charge in [-0.05, 0) is 80.7 Å². The second-order valence-corrected chi connectivity index (χ2v) is 7.32. The molecule has 20 heavy (non-hydrogen) atoms. The summed E-state index contributed by atoms with van der Waals surface area (Å²) < 4.78 is 0. The SMILES string of the molecule is Cc1nc(CCN)ncc1C1C2CC3CC(C2)CC1C3. The molecule has 0 aromatic carbocycles. The summed E-state index contributed by atoms with van der Waals surface area (Å²) in [5, 5.41) is 0. The minimum Gasteiger partial charge on any atom is -0.330 e. The van der Waals surface area contributed by atoms with Crippen LogP contribution >= 0.6 is 0 Å². The van der Waals surface area contributed by atoms with E-state index in [4.69, 9.17) is 10.7 Å². The van der Waals surface area contributed by atoms with Gasteiger partial charge in [-0.2, -0.15) is 0 Å². The standard InChI is InChI=1S/C17H25N3/c1-10-15(9-19-16(20-10)2-3-18)17-13-5-11-4-12(7-13)8-14(17)6-11/h9,11-14,17H,2-8,18H2,1H3. The predicted octanol–water partition coefficient (Wildman–Crippen LogP) is 2.83. The smallest absolute Gasteiger partial charge is 0.129 e. The Morgan fingerprint density at radius 2 is 1.75 bits per heavy atom. The van der Waals surface area contributed by atoms with E-state index in [1.54, 1.807) is 0 Å². The zero-order valence-corrected chi connectivity index (χ0v) is 12.4. The molecule has 4 aliphatic carbocycles. The summed E-state index contributed by atoms with van der Waals surface area (Å²) in [4.78, 5) is 9.28. The molecule has 0 unspecified atom stereocenters. The van der Waals surface area contributed by atoms with Crippen LogP contribution < -0.4 is 5.73 Å². The summed E-state index contributed by atoms with van der Waals surface area (Å²) in [7, 11) is 0. The highest BCUT2D eigenvalue weighted by atomic mass is 14.9. The van der Waals surface area contributed by atoms with Gasteiger partial charge in [0.15, 0.2) is 0 Å². The Balaban J connectivity index is 1.64. The van der Waals surface area contributed by atoms with Crippen molar-refractivity contribution in [3.63, 3.8) is 0 Å². The predicted molar refractivity (Wildman–Crippen MR) is 79.3 cm³/mol. The Kier molecular flexibility index (Phi) is 3.06. The van der Waals surface area contributed by atoms with Gasteiger partial charge < -0.3 is 5.73 Å². The van der Waals surface area contributed by atoms with Gasteiger partial charge in [-0.25, -0.2) is 9.97 Å². The number of hydrogen-bond donors (Lipinski definition) is 1. The number of nitrogens with zero attached hydrogens (tertiary/aromatic N) is 2. The van der Waals surface area contributed by atoms with Gasteiger partial charge in [0, 0.05) is 18.3 Å².